The number of alkyl carbamates (subject to hydrolysis) is 1. The molecule has 1 atom stereocenters. The summed E-state index contributed by atoms with van der Waals surface area (Å²) < 4.78 is 11.9. The van der Waals surface area contributed by atoms with Crippen LogP contribution in [0.3, 0.4) is 0 Å². The molecule has 1 aliphatic heterocycles. The minimum absolute atomic E-state index is 0.124. The summed E-state index contributed by atoms with van der Waals surface area (Å²) in [4.78, 5) is 30.7. The third kappa shape index (κ3) is 6.45. The lowest BCUT2D eigenvalue weighted by atomic mass is 10.2. The Morgan fingerprint density at radius 3 is 2.00 bits per heavy atom. The van der Waals surface area contributed by atoms with Gasteiger partial charge >= 0.3 is 6.09 Å². The fourth-order valence-electron chi connectivity index (χ4n) is 4.15. The van der Waals surface area contributed by atoms with Crippen molar-refractivity contribution in [1.29, 1.82) is 0 Å². The van der Waals surface area contributed by atoms with Gasteiger partial charge in [0.05, 0.1) is 19.8 Å². The van der Waals surface area contributed by atoms with Crippen molar-refractivity contribution in [2.45, 2.75) is 97.0 Å². The molecule has 28 heavy (non-hydrogen) atoms. The van der Waals surface area contributed by atoms with E-state index in [4.69, 9.17) is 14.0 Å². The van der Waals surface area contributed by atoms with Crippen LogP contribution in [-0.2, 0) is 18.8 Å². The second-order valence-electron chi connectivity index (χ2n) is 9.45. The molecule has 7 nitrogen and oxygen atoms in total. The minimum atomic E-state index is -2.18. The molecule has 0 radical (unpaired) electrons. The molecule has 1 saturated heterocycles. The zero-order valence-electron chi connectivity index (χ0n) is 19.1. The van der Waals surface area contributed by atoms with Gasteiger partial charge in [-0.15, -0.1) is 0 Å². The first-order valence-corrected chi connectivity index (χ1v) is 12.5. The van der Waals surface area contributed by atoms with E-state index in [0.29, 0.717) is 29.8 Å². The Balaban J connectivity index is 3.00. The summed E-state index contributed by atoms with van der Waals surface area (Å²) >= 11 is 0. The van der Waals surface area contributed by atoms with E-state index in [9.17, 15) is 9.59 Å². The molecule has 1 aliphatic rings. The number of hydroxylamine groups is 2. The van der Waals surface area contributed by atoms with Gasteiger partial charge in [-0.2, -0.15) is 0 Å². The van der Waals surface area contributed by atoms with Crippen molar-refractivity contribution in [3.05, 3.63) is 0 Å². The Labute approximate surface area is 171 Å². The Morgan fingerprint density at radius 1 is 1.07 bits per heavy atom. The Bertz CT molecular complexity index is 503. The lowest BCUT2D eigenvalue weighted by molar-refractivity contribution is -0.171. The monoisotopic (exact) mass is 416 g/mol. The Morgan fingerprint density at radius 2 is 1.61 bits per heavy atom. The van der Waals surface area contributed by atoms with Crippen molar-refractivity contribution in [1.82, 2.24) is 10.4 Å². The fraction of sp³-hybridized carbons (Fsp3) is 0.900. The fourth-order valence-corrected chi connectivity index (χ4v) is 9.60. The third-order valence-electron chi connectivity index (χ3n) is 5.19. The molecule has 1 N–H and O–H groups in total. The summed E-state index contributed by atoms with van der Waals surface area (Å²) in [5, 5.41) is 4.03. The minimum Gasteiger partial charge on any atom is -0.444 e. The smallest absolute Gasteiger partial charge is 0.408 e. The number of nitrogens with zero attached hydrogens (tertiary/aromatic N) is 1. The van der Waals surface area contributed by atoms with Crippen molar-refractivity contribution in [2.24, 2.45) is 0 Å². The average Bonchev–Trinajstić information content (AvgIpc) is 3.05. The van der Waals surface area contributed by atoms with Crippen LogP contribution >= 0.6 is 0 Å². The van der Waals surface area contributed by atoms with Crippen LogP contribution in [0.5, 0.6) is 0 Å². The topological polar surface area (TPSA) is 77.1 Å². The van der Waals surface area contributed by atoms with Crippen molar-refractivity contribution in [2.75, 3.05) is 19.8 Å². The zero-order chi connectivity index (χ0) is 21.7. The van der Waals surface area contributed by atoms with Crippen LogP contribution in [0.15, 0.2) is 0 Å². The van der Waals surface area contributed by atoms with Crippen LogP contribution in [0.25, 0.3) is 0 Å². The number of rotatable bonds is 8. The largest absolute Gasteiger partial charge is 0.444 e. The van der Waals surface area contributed by atoms with Crippen LogP contribution in [0.2, 0.25) is 16.6 Å². The predicted octanol–water partition coefficient (Wildman–Crippen LogP) is 4.24. The molecule has 1 rings (SSSR count). The number of carbonyl (C=O) groups is 2. The number of nitrogens with one attached hydrogen (secondary N) is 1. The molecule has 0 aromatic carbocycles. The molecule has 0 aromatic rings. The predicted molar refractivity (Wildman–Crippen MR) is 112 cm³/mol. The first-order chi connectivity index (χ1) is 12.8. The molecule has 0 unspecified atom stereocenters. The number of carbonyl (C=O) groups excluding carboxylic acids is 2. The molecule has 1 heterocycles. The van der Waals surface area contributed by atoms with Crippen molar-refractivity contribution < 1.29 is 23.6 Å². The van der Waals surface area contributed by atoms with E-state index in [1.807, 2.05) is 0 Å². The molecule has 2 amide bonds. The van der Waals surface area contributed by atoms with Crippen LogP contribution < -0.4 is 5.32 Å². The Hall–Kier alpha value is -1.12. The SMILES string of the molecule is CC(C)[Si](OC[C@@H](NC(=O)OC(C)(C)C)C(=O)N1CCCO1)(C(C)C)C(C)C. The van der Waals surface area contributed by atoms with Gasteiger partial charge in [0.2, 0.25) is 0 Å². The molecule has 8 heteroatoms. The third-order valence-corrected chi connectivity index (χ3v) is 11.3. The summed E-state index contributed by atoms with van der Waals surface area (Å²) in [6.45, 7) is 19.7. The van der Waals surface area contributed by atoms with E-state index >= 15 is 0 Å². The average molecular weight is 417 g/mol. The summed E-state index contributed by atoms with van der Waals surface area (Å²) in [6.07, 6.45) is 0.161. The highest BCUT2D eigenvalue weighted by Crippen LogP contribution is 2.42. The van der Waals surface area contributed by atoms with E-state index < -0.39 is 26.1 Å². The highest BCUT2D eigenvalue weighted by Gasteiger charge is 2.46. The van der Waals surface area contributed by atoms with E-state index in [0.717, 1.165) is 6.42 Å². The van der Waals surface area contributed by atoms with Gasteiger partial charge in [-0.05, 0) is 43.8 Å². The molecular formula is C20H40N2O5Si. The van der Waals surface area contributed by atoms with Crippen LogP contribution in [0.4, 0.5) is 4.79 Å². The van der Waals surface area contributed by atoms with Crippen molar-refractivity contribution >= 4 is 20.3 Å². The maximum absolute atomic E-state index is 12.9. The highest BCUT2D eigenvalue weighted by atomic mass is 28.4. The van der Waals surface area contributed by atoms with Gasteiger partial charge in [0, 0.05) is 0 Å². The first kappa shape index (κ1) is 24.9. The lowest BCUT2D eigenvalue weighted by Crippen LogP contribution is -2.55. The molecule has 0 bridgehead atoms. The van der Waals surface area contributed by atoms with Gasteiger partial charge in [0.1, 0.15) is 11.6 Å². The molecule has 0 spiro atoms. The molecule has 0 aromatic heterocycles. The summed E-state index contributed by atoms with van der Waals surface area (Å²) in [5.74, 6) is -0.289. The maximum atomic E-state index is 12.9. The van der Waals surface area contributed by atoms with Gasteiger partial charge in [-0.3, -0.25) is 9.63 Å². The van der Waals surface area contributed by atoms with Gasteiger partial charge in [-0.25, -0.2) is 9.86 Å². The molecule has 164 valence electrons. The van der Waals surface area contributed by atoms with Crippen LogP contribution in [0, 0.1) is 0 Å². The van der Waals surface area contributed by atoms with E-state index in [1.54, 1.807) is 20.8 Å². The van der Waals surface area contributed by atoms with Crippen LogP contribution in [0.1, 0.15) is 68.7 Å². The van der Waals surface area contributed by atoms with Gasteiger partial charge < -0.3 is 14.5 Å². The maximum Gasteiger partial charge on any atom is 0.408 e. The number of amides is 2. The summed E-state index contributed by atoms with van der Waals surface area (Å²) in [6, 6.07) is -0.837. The van der Waals surface area contributed by atoms with Gasteiger partial charge in [0.15, 0.2) is 8.32 Å². The number of hydrogen-bond acceptors (Lipinski definition) is 5. The lowest BCUT2D eigenvalue weighted by Gasteiger charge is -2.43. The standard InChI is InChI=1S/C20H40N2O5Si/c1-14(2)28(15(3)4,16(5)6)26-13-17(18(23)22-11-10-12-25-22)21-19(24)27-20(7,8)9/h14-17H,10-13H2,1-9H3,(H,21,24)/t17-/m1/s1. The molecule has 1 fully saturated rings. The zero-order valence-corrected chi connectivity index (χ0v) is 20.1. The van der Waals surface area contributed by atoms with E-state index in [2.05, 4.69) is 46.9 Å². The second kappa shape index (κ2) is 10.1. The number of hydrogen-bond donors (Lipinski definition) is 1. The number of ether oxygens (including phenoxy) is 1. The van der Waals surface area contributed by atoms with Crippen molar-refractivity contribution in [3.63, 3.8) is 0 Å². The Kier molecular flexibility index (Phi) is 8.96. The van der Waals surface area contributed by atoms with Crippen molar-refractivity contribution in [3.8, 4) is 0 Å². The van der Waals surface area contributed by atoms with Gasteiger partial charge in [-0.1, -0.05) is 41.5 Å². The molecular weight excluding hydrogens is 376 g/mol. The molecule has 0 aliphatic carbocycles. The van der Waals surface area contributed by atoms with Gasteiger partial charge in [0.25, 0.3) is 5.91 Å². The van der Waals surface area contributed by atoms with E-state index in [-0.39, 0.29) is 12.5 Å². The quantitative estimate of drug-likeness (QED) is 0.599. The molecule has 0 saturated carbocycles. The van der Waals surface area contributed by atoms with E-state index in [1.165, 1.54) is 5.06 Å². The summed E-state index contributed by atoms with van der Waals surface area (Å²) in [7, 11) is -2.18. The highest BCUT2D eigenvalue weighted by molar-refractivity contribution is 6.77. The first-order valence-electron chi connectivity index (χ1n) is 10.4. The van der Waals surface area contributed by atoms with Crippen LogP contribution in [-0.4, -0.2) is 56.8 Å². The second-order valence-corrected chi connectivity index (χ2v) is 14.9. The normalized spacial score (nSPS) is 16.8. The summed E-state index contributed by atoms with van der Waals surface area (Å²) in [5.41, 5.74) is 0.503.